The van der Waals surface area contributed by atoms with Crippen molar-refractivity contribution >= 4 is 29.9 Å². The van der Waals surface area contributed by atoms with Crippen molar-refractivity contribution in [3.8, 4) is 11.5 Å². The average Bonchev–Trinajstić information content (AvgIpc) is 2.67. The van der Waals surface area contributed by atoms with E-state index < -0.39 is 0 Å². The van der Waals surface area contributed by atoms with E-state index in [1.807, 2.05) is 41.3 Å². The third-order valence-corrected chi connectivity index (χ3v) is 4.91. The van der Waals surface area contributed by atoms with Gasteiger partial charge in [0.2, 0.25) is 0 Å². The van der Waals surface area contributed by atoms with Gasteiger partial charge in [0.15, 0.2) is 11.5 Å². The smallest absolute Gasteiger partial charge is 0.258 e. The molecule has 2 aliphatic heterocycles. The number of amides is 1. The Morgan fingerprint density at radius 1 is 1.12 bits per heavy atom. The van der Waals surface area contributed by atoms with Crippen LogP contribution in [0.2, 0.25) is 5.02 Å². The zero-order valence-electron chi connectivity index (χ0n) is 14.1. The predicted molar refractivity (Wildman–Crippen MR) is 103 cm³/mol. The van der Waals surface area contributed by atoms with Crippen molar-refractivity contribution in [2.75, 3.05) is 32.8 Å². The Hall–Kier alpha value is -1.95. The Bertz CT molecular complexity index is 800. The fourth-order valence-electron chi connectivity index (χ4n) is 3.37. The molecule has 0 spiro atoms. The van der Waals surface area contributed by atoms with Crippen LogP contribution in [0.15, 0.2) is 42.5 Å². The number of nitrogens with one attached hydrogen (secondary N) is 1. The van der Waals surface area contributed by atoms with E-state index in [-0.39, 0.29) is 24.4 Å². The monoisotopic (exact) mass is 394 g/mol. The van der Waals surface area contributed by atoms with Crippen molar-refractivity contribution in [2.45, 2.75) is 6.04 Å². The fraction of sp³-hybridized carbons (Fsp3) is 0.316. The van der Waals surface area contributed by atoms with Crippen LogP contribution in [0.5, 0.6) is 11.5 Å². The molecule has 1 amide bonds. The van der Waals surface area contributed by atoms with Gasteiger partial charge in [-0.05, 0) is 23.8 Å². The van der Waals surface area contributed by atoms with E-state index in [1.54, 1.807) is 6.07 Å². The molecule has 0 radical (unpaired) electrons. The molecule has 0 aliphatic carbocycles. The molecule has 138 valence electrons. The lowest BCUT2D eigenvalue weighted by molar-refractivity contribution is 0.0625. The summed E-state index contributed by atoms with van der Waals surface area (Å²) in [7, 11) is 0. The van der Waals surface area contributed by atoms with Gasteiger partial charge in [0, 0.05) is 24.7 Å². The largest absolute Gasteiger partial charge is 0.486 e. The molecular formula is C19H20Cl2N2O3. The van der Waals surface area contributed by atoms with Gasteiger partial charge in [-0.1, -0.05) is 35.9 Å². The normalized spacial score (nSPS) is 18.8. The van der Waals surface area contributed by atoms with Crippen molar-refractivity contribution in [3.05, 3.63) is 58.6 Å². The Morgan fingerprint density at radius 3 is 2.77 bits per heavy atom. The number of rotatable bonds is 2. The summed E-state index contributed by atoms with van der Waals surface area (Å²) < 4.78 is 11.3. The molecule has 2 aliphatic rings. The number of fused-ring (bicyclic) bond motifs is 1. The second kappa shape index (κ2) is 8.16. The first kappa shape index (κ1) is 18.8. The molecule has 5 nitrogen and oxygen atoms in total. The summed E-state index contributed by atoms with van der Waals surface area (Å²) in [4.78, 5) is 15.2. The van der Waals surface area contributed by atoms with Crippen LogP contribution in [0.25, 0.3) is 0 Å². The summed E-state index contributed by atoms with van der Waals surface area (Å²) in [5, 5.41) is 4.02. The van der Waals surface area contributed by atoms with Crippen molar-refractivity contribution in [2.24, 2.45) is 0 Å². The van der Waals surface area contributed by atoms with Crippen LogP contribution in [-0.4, -0.2) is 43.7 Å². The molecule has 1 atom stereocenters. The Kier molecular flexibility index (Phi) is 5.91. The van der Waals surface area contributed by atoms with Gasteiger partial charge in [-0.25, -0.2) is 0 Å². The van der Waals surface area contributed by atoms with Crippen LogP contribution in [0.1, 0.15) is 22.0 Å². The highest BCUT2D eigenvalue weighted by Gasteiger charge is 2.32. The molecule has 2 aromatic carbocycles. The minimum absolute atomic E-state index is 0. The van der Waals surface area contributed by atoms with Crippen LogP contribution >= 0.6 is 24.0 Å². The van der Waals surface area contributed by atoms with Crippen molar-refractivity contribution in [1.82, 2.24) is 10.2 Å². The van der Waals surface area contributed by atoms with Crippen molar-refractivity contribution in [3.63, 3.8) is 0 Å². The molecule has 1 unspecified atom stereocenters. The molecule has 7 heteroatoms. The summed E-state index contributed by atoms with van der Waals surface area (Å²) in [6.45, 7) is 2.98. The van der Waals surface area contributed by atoms with E-state index in [9.17, 15) is 4.79 Å². The maximum Gasteiger partial charge on any atom is 0.258 e. The van der Waals surface area contributed by atoms with Crippen LogP contribution in [-0.2, 0) is 0 Å². The van der Waals surface area contributed by atoms with Gasteiger partial charge in [0.05, 0.1) is 11.6 Å². The molecule has 1 fully saturated rings. The summed E-state index contributed by atoms with van der Waals surface area (Å²) in [6, 6.07) is 13.0. The molecule has 2 aromatic rings. The number of carbonyl (C=O) groups is 1. The highest BCUT2D eigenvalue weighted by Crippen LogP contribution is 2.36. The molecular weight excluding hydrogens is 375 g/mol. The maximum absolute atomic E-state index is 13.3. The number of para-hydroxylation sites is 1. The summed E-state index contributed by atoms with van der Waals surface area (Å²) in [5.74, 6) is 1.10. The number of hydrogen-bond donors (Lipinski definition) is 1. The predicted octanol–water partition coefficient (Wildman–Crippen LogP) is 3.32. The summed E-state index contributed by atoms with van der Waals surface area (Å²) in [5.41, 5.74) is 1.49. The SMILES string of the molecule is Cl.O=C(c1cccc2c1OCCO2)N1CCNCC1c1ccccc1Cl. The zero-order valence-corrected chi connectivity index (χ0v) is 15.7. The molecule has 0 saturated carbocycles. The maximum atomic E-state index is 13.3. The number of nitrogens with zero attached hydrogens (tertiary/aromatic N) is 1. The minimum atomic E-state index is -0.115. The van der Waals surface area contributed by atoms with E-state index in [0.717, 1.165) is 12.1 Å². The van der Waals surface area contributed by atoms with Crippen molar-refractivity contribution < 1.29 is 14.3 Å². The lowest BCUT2D eigenvalue weighted by Crippen LogP contribution is -2.48. The van der Waals surface area contributed by atoms with E-state index in [0.29, 0.717) is 48.4 Å². The summed E-state index contributed by atoms with van der Waals surface area (Å²) >= 11 is 6.38. The van der Waals surface area contributed by atoms with E-state index >= 15 is 0 Å². The number of ether oxygens (including phenoxy) is 2. The van der Waals surface area contributed by atoms with Gasteiger partial charge in [-0.15, -0.1) is 12.4 Å². The van der Waals surface area contributed by atoms with Gasteiger partial charge in [-0.3, -0.25) is 4.79 Å². The average molecular weight is 395 g/mol. The number of hydrogen-bond acceptors (Lipinski definition) is 4. The standard InChI is InChI=1S/C19H19ClN2O3.ClH/c20-15-6-2-1-4-13(15)16-12-21-8-9-22(16)19(23)14-5-3-7-17-18(14)25-11-10-24-17;/h1-7,16,21H,8-12H2;1H. The van der Waals surface area contributed by atoms with Crippen LogP contribution < -0.4 is 14.8 Å². The number of benzene rings is 2. The summed E-state index contributed by atoms with van der Waals surface area (Å²) in [6.07, 6.45) is 0. The Balaban J connectivity index is 0.00000196. The fourth-order valence-corrected chi connectivity index (χ4v) is 3.63. The van der Waals surface area contributed by atoms with E-state index in [4.69, 9.17) is 21.1 Å². The quantitative estimate of drug-likeness (QED) is 0.848. The van der Waals surface area contributed by atoms with Crippen molar-refractivity contribution in [1.29, 1.82) is 0 Å². The molecule has 0 aromatic heterocycles. The van der Waals surface area contributed by atoms with E-state index in [2.05, 4.69) is 5.32 Å². The second-order valence-corrected chi connectivity index (χ2v) is 6.48. The third-order valence-electron chi connectivity index (χ3n) is 4.57. The molecule has 2 heterocycles. The van der Waals surface area contributed by atoms with Crippen LogP contribution in [0.3, 0.4) is 0 Å². The Labute approximate surface area is 163 Å². The molecule has 1 N–H and O–H groups in total. The molecule has 0 bridgehead atoms. The zero-order chi connectivity index (χ0) is 17.2. The van der Waals surface area contributed by atoms with Gasteiger partial charge >= 0.3 is 0 Å². The highest BCUT2D eigenvalue weighted by molar-refractivity contribution is 6.31. The van der Waals surface area contributed by atoms with E-state index in [1.165, 1.54) is 0 Å². The van der Waals surface area contributed by atoms with Crippen LogP contribution in [0, 0.1) is 0 Å². The second-order valence-electron chi connectivity index (χ2n) is 6.07. The topological polar surface area (TPSA) is 50.8 Å². The van der Waals surface area contributed by atoms with Gasteiger partial charge < -0.3 is 19.7 Å². The van der Waals surface area contributed by atoms with Gasteiger partial charge in [0.1, 0.15) is 13.2 Å². The van der Waals surface area contributed by atoms with Gasteiger partial charge in [0.25, 0.3) is 5.91 Å². The molecule has 1 saturated heterocycles. The number of halogens is 2. The molecule has 4 rings (SSSR count). The molecule has 26 heavy (non-hydrogen) atoms. The van der Waals surface area contributed by atoms with Gasteiger partial charge in [-0.2, -0.15) is 0 Å². The van der Waals surface area contributed by atoms with Crippen LogP contribution in [0.4, 0.5) is 0 Å². The first-order valence-electron chi connectivity index (χ1n) is 8.40. The minimum Gasteiger partial charge on any atom is -0.486 e. The highest BCUT2D eigenvalue weighted by atomic mass is 35.5. The Morgan fingerprint density at radius 2 is 1.92 bits per heavy atom. The third kappa shape index (κ3) is 3.47. The first-order valence-corrected chi connectivity index (χ1v) is 8.78. The number of carbonyl (C=O) groups excluding carboxylic acids is 1. The lowest BCUT2D eigenvalue weighted by atomic mass is 10.0. The number of piperazine rings is 1. The first-order chi connectivity index (χ1) is 12.3. The lowest BCUT2D eigenvalue weighted by Gasteiger charge is -2.37.